The van der Waals surface area contributed by atoms with Crippen molar-refractivity contribution in [2.24, 2.45) is 5.10 Å². The number of halogens is 1. The van der Waals surface area contributed by atoms with E-state index in [9.17, 15) is 18.0 Å². The minimum absolute atomic E-state index is 0.0508. The topological polar surface area (TPSA) is 117 Å². The monoisotopic (exact) mass is 610 g/mol. The molecule has 1 fully saturated rings. The van der Waals surface area contributed by atoms with Crippen molar-refractivity contribution in [2.45, 2.75) is 56.9 Å². The molecule has 2 N–H and O–H groups in total. The number of aryl methyl sites for hydroxylation is 2. The number of nitrogens with zero attached hydrogens (tertiary/aromatic N) is 2. The summed E-state index contributed by atoms with van der Waals surface area (Å²) in [6.45, 7) is 3.09. The lowest BCUT2D eigenvalue weighted by atomic mass is 9.95. The van der Waals surface area contributed by atoms with Crippen molar-refractivity contribution in [2.75, 3.05) is 17.5 Å². The number of carbonyl (C=O) groups is 2. The van der Waals surface area contributed by atoms with E-state index in [1.54, 1.807) is 55.5 Å². The predicted octanol–water partition coefficient (Wildman–Crippen LogP) is 5.13. The second kappa shape index (κ2) is 14.3. The number of amides is 2. The van der Waals surface area contributed by atoms with Gasteiger partial charge in [0.2, 0.25) is 0 Å². The van der Waals surface area contributed by atoms with Crippen molar-refractivity contribution in [3.63, 3.8) is 0 Å². The zero-order chi connectivity index (χ0) is 30.1. The minimum atomic E-state index is -4.08. The Morgan fingerprint density at radius 1 is 0.976 bits per heavy atom. The van der Waals surface area contributed by atoms with Crippen LogP contribution in [0.2, 0.25) is 5.02 Å². The molecule has 0 aromatic heterocycles. The van der Waals surface area contributed by atoms with Crippen LogP contribution in [0.5, 0.6) is 5.75 Å². The van der Waals surface area contributed by atoms with Gasteiger partial charge in [-0.1, -0.05) is 54.6 Å². The molecule has 0 unspecified atom stereocenters. The Labute approximate surface area is 252 Å². The van der Waals surface area contributed by atoms with Crippen LogP contribution in [0.25, 0.3) is 0 Å². The minimum Gasteiger partial charge on any atom is -0.484 e. The molecular weight excluding hydrogens is 576 g/mol. The summed E-state index contributed by atoms with van der Waals surface area (Å²) in [5.74, 6) is -0.243. The molecule has 0 radical (unpaired) electrons. The molecule has 3 aromatic rings. The van der Waals surface area contributed by atoms with E-state index in [0.717, 1.165) is 41.1 Å². The van der Waals surface area contributed by atoms with E-state index < -0.39 is 22.5 Å². The second-order valence-corrected chi connectivity index (χ2v) is 12.6. The molecular formula is C31H35ClN4O5S. The Hall–Kier alpha value is -3.89. The molecule has 0 saturated heterocycles. The van der Waals surface area contributed by atoms with Gasteiger partial charge in [-0.15, -0.1) is 0 Å². The SMILES string of the molecule is Cc1ccc(S(=O)(=O)N(CC(=O)N/N=C\c2ccc(OCC(=O)NC3CCCCC3)cc2)c2ccc(C)c(Cl)c2)cc1. The van der Waals surface area contributed by atoms with E-state index in [1.807, 2.05) is 6.92 Å². The fraction of sp³-hybridized carbons (Fsp3) is 0.323. The van der Waals surface area contributed by atoms with Crippen LogP contribution in [-0.2, 0) is 19.6 Å². The number of ether oxygens (including phenoxy) is 1. The maximum Gasteiger partial charge on any atom is 0.264 e. The highest BCUT2D eigenvalue weighted by Crippen LogP contribution is 2.28. The van der Waals surface area contributed by atoms with E-state index in [1.165, 1.54) is 30.8 Å². The normalized spacial score (nSPS) is 14.0. The van der Waals surface area contributed by atoms with Crippen LogP contribution in [-0.4, -0.2) is 45.6 Å². The molecule has 2 amide bonds. The fourth-order valence-corrected chi connectivity index (χ4v) is 6.14. The summed E-state index contributed by atoms with van der Waals surface area (Å²) in [5.41, 5.74) is 5.01. The van der Waals surface area contributed by atoms with E-state index in [2.05, 4.69) is 15.8 Å². The summed E-state index contributed by atoms with van der Waals surface area (Å²) >= 11 is 6.27. The van der Waals surface area contributed by atoms with E-state index >= 15 is 0 Å². The number of sulfonamides is 1. The van der Waals surface area contributed by atoms with Crippen LogP contribution in [0.4, 0.5) is 5.69 Å². The molecule has 222 valence electrons. The third-order valence-electron chi connectivity index (χ3n) is 6.96. The van der Waals surface area contributed by atoms with Crippen molar-refractivity contribution in [1.29, 1.82) is 0 Å². The lowest BCUT2D eigenvalue weighted by Crippen LogP contribution is -2.39. The number of hydrazone groups is 1. The molecule has 42 heavy (non-hydrogen) atoms. The zero-order valence-corrected chi connectivity index (χ0v) is 25.2. The van der Waals surface area contributed by atoms with Gasteiger partial charge in [-0.3, -0.25) is 13.9 Å². The molecule has 0 bridgehead atoms. The quantitative estimate of drug-likeness (QED) is 0.231. The summed E-state index contributed by atoms with van der Waals surface area (Å²) < 4.78 is 33.6. The summed E-state index contributed by atoms with van der Waals surface area (Å²) in [7, 11) is -4.08. The molecule has 0 heterocycles. The van der Waals surface area contributed by atoms with Crippen LogP contribution in [0.1, 0.15) is 48.8 Å². The molecule has 3 aromatic carbocycles. The van der Waals surface area contributed by atoms with Gasteiger partial charge in [0, 0.05) is 11.1 Å². The number of anilines is 1. The molecule has 1 saturated carbocycles. The Morgan fingerprint density at radius 3 is 2.33 bits per heavy atom. The Balaban J connectivity index is 1.36. The summed E-state index contributed by atoms with van der Waals surface area (Å²) in [5, 5.41) is 7.38. The van der Waals surface area contributed by atoms with Crippen molar-refractivity contribution in [3.05, 3.63) is 88.4 Å². The highest BCUT2D eigenvalue weighted by atomic mass is 35.5. The third kappa shape index (κ3) is 8.56. The molecule has 1 aliphatic rings. The first-order chi connectivity index (χ1) is 20.1. The van der Waals surface area contributed by atoms with E-state index in [0.29, 0.717) is 16.3 Å². The lowest BCUT2D eigenvalue weighted by Gasteiger charge is -2.24. The first-order valence-electron chi connectivity index (χ1n) is 13.8. The molecule has 1 aliphatic carbocycles. The van der Waals surface area contributed by atoms with Crippen LogP contribution in [0, 0.1) is 13.8 Å². The Morgan fingerprint density at radius 2 is 1.67 bits per heavy atom. The van der Waals surface area contributed by atoms with Gasteiger partial charge in [-0.25, -0.2) is 13.8 Å². The summed E-state index contributed by atoms with van der Waals surface area (Å²) in [6.07, 6.45) is 6.95. The molecule has 0 atom stereocenters. The fourth-order valence-electron chi connectivity index (χ4n) is 4.55. The molecule has 0 aliphatic heterocycles. The van der Waals surface area contributed by atoms with Gasteiger partial charge >= 0.3 is 0 Å². The van der Waals surface area contributed by atoms with Gasteiger partial charge in [-0.05, 0) is 86.3 Å². The zero-order valence-electron chi connectivity index (χ0n) is 23.7. The second-order valence-electron chi connectivity index (χ2n) is 10.3. The van der Waals surface area contributed by atoms with Crippen molar-refractivity contribution >= 4 is 45.3 Å². The Bertz CT molecular complexity index is 1520. The van der Waals surface area contributed by atoms with Crippen LogP contribution in [0.15, 0.2) is 76.7 Å². The van der Waals surface area contributed by atoms with E-state index in [-0.39, 0.29) is 29.1 Å². The third-order valence-corrected chi connectivity index (χ3v) is 9.16. The lowest BCUT2D eigenvalue weighted by molar-refractivity contribution is -0.124. The summed E-state index contributed by atoms with van der Waals surface area (Å²) in [4.78, 5) is 25.0. The average molecular weight is 611 g/mol. The number of nitrogens with one attached hydrogen (secondary N) is 2. The maximum atomic E-state index is 13.5. The Kier molecular flexibility index (Phi) is 10.6. The average Bonchev–Trinajstić information content (AvgIpc) is 2.98. The first-order valence-corrected chi connectivity index (χ1v) is 15.6. The number of hydrogen-bond donors (Lipinski definition) is 2. The van der Waals surface area contributed by atoms with Crippen LogP contribution < -0.4 is 19.8 Å². The molecule has 9 nitrogen and oxygen atoms in total. The van der Waals surface area contributed by atoms with Gasteiger partial charge in [0.1, 0.15) is 12.3 Å². The number of hydrogen-bond acceptors (Lipinski definition) is 6. The van der Waals surface area contributed by atoms with Gasteiger partial charge in [-0.2, -0.15) is 5.10 Å². The standard InChI is InChI=1S/C31H35ClN4O5S/c1-22-8-16-28(17-9-22)42(39,40)36(26-13-10-23(2)29(32)18-26)20-30(37)35-33-19-24-11-14-27(15-12-24)41-21-31(38)34-25-6-4-3-5-7-25/h8-19,25H,3-7,20-21H2,1-2H3,(H,34,38)(H,35,37)/b33-19-. The molecule has 4 rings (SSSR count). The molecule has 11 heteroatoms. The summed E-state index contributed by atoms with van der Waals surface area (Å²) in [6, 6.07) is 18.3. The number of benzene rings is 3. The largest absolute Gasteiger partial charge is 0.484 e. The first kappa shape index (κ1) is 31.1. The van der Waals surface area contributed by atoms with Gasteiger partial charge < -0.3 is 10.1 Å². The van der Waals surface area contributed by atoms with Crippen LogP contribution in [0.3, 0.4) is 0 Å². The van der Waals surface area contributed by atoms with Crippen molar-refractivity contribution in [1.82, 2.24) is 10.7 Å². The highest BCUT2D eigenvalue weighted by molar-refractivity contribution is 7.92. The smallest absolute Gasteiger partial charge is 0.264 e. The molecule has 0 spiro atoms. The van der Waals surface area contributed by atoms with Crippen LogP contribution >= 0.6 is 11.6 Å². The van der Waals surface area contributed by atoms with Crippen molar-refractivity contribution < 1.29 is 22.7 Å². The van der Waals surface area contributed by atoms with Gasteiger partial charge in [0.25, 0.3) is 21.8 Å². The predicted molar refractivity (Wildman–Crippen MR) is 165 cm³/mol. The number of rotatable bonds is 11. The number of carbonyl (C=O) groups excluding carboxylic acids is 2. The highest BCUT2D eigenvalue weighted by Gasteiger charge is 2.27. The maximum absolute atomic E-state index is 13.5. The van der Waals surface area contributed by atoms with Gasteiger partial charge in [0.15, 0.2) is 6.61 Å². The van der Waals surface area contributed by atoms with Crippen molar-refractivity contribution in [3.8, 4) is 5.75 Å². The van der Waals surface area contributed by atoms with Gasteiger partial charge in [0.05, 0.1) is 16.8 Å². The van der Waals surface area contributed by atoms with E-state index in [4.69, 9.17) is 16.3 Å².